The third-order valence-corrected chi connectivity index (χ3v) is 7.48. The molecular formula is C30H38N6O2. The van der Waals surface area contributed by atoms with Crippen molar-refractivity contribution < 1.29 is 4.74 Å². The van der Waals surface area contributed by atoms with E-state index >= 15 is 0 Å². The summed E-state index contributed by atoms with van der Waals surface area (Å²) < 4.78 is 7.81. The van der Waals surface area contributed by atoms with Gasteiger partial charge in [0.25, 0.3) is 5.56 Å². The van der Waals surface area contributed by atoms with Gasteiger partial charge in [0.15, 0.2) is 5.82 Å². The molecule has 38 heavy (non-hydrogen) atoms. The minimum absolute atomic E-state index is 0.0196. The van der Waals surface area contributed by atoms with Gasteiger partial charge in [-0.25, -0.2) is 4.68 Å². The fraction of sp³-hybridized carbons (Fsp3) is 0.467. The summed E-state index contributed by atoms with van der Waals surface area (Å²) in [4.78, 5) is 18.7. The fourth-order valence-electron chi connectivity index (χ4n) is 5.50. The number of H-pyrrole nitrogens is 1. The number of fused-ring (bicyclic) bond motifs is 1. The minimum atomic E-state index is -0.0453. The Morgan fingerprint density at radius 1 is 1.16 bits per heavy atom. The Morgan fingerprint density at radius 3 is 2.82 bits per heavy atom. The molecule has 8 heteroatoms. The van der Waals surface area contributed by atoms with Crippen molar-refractivity contribution in [2.75, 3.05) is 13.2 Å². The molecule has 0 aliphatic carbocycles. The highest BCUT2D eigenvalue weighted by atomic mass is 16.5. The molecule has 0 unspecified atom stereocenters. The lowest BCUT2D eigenvalue weighted by molar-refractivity contribution is 0.0891. The molecule has 4 aromatic rings. The molecule has 0 saturated carbocycles. The van der Waals surface area contributed by atoms with E-state index in [9.17, 15) is 4.79 Å². The zero-order valence-electron chi connectivity index (χ0n) is 22.7. The second-order valence-corrected chi connectivity index (χ2v) is 10.6. The number of pyridine rings is 1. The SMILES string of the molecule is CCC[C@H](c1nnnn1C[C@@H]1CCCO1)N(CCc1cccc(C)c1)Cc1cc2cc(C)ccc2[nH]c1=O. The number of hydrogen-bond acceptors (Lipinski definition) is 6. The van der Waals surface area contributed by atoms with E-state index in [1.165, 1.54) is 16.7 Å². The largest absolute Gasteiger partial charge is 0.376 e. The van der Waals surface area contributed by atoms with Crippen LogP contribution in [0.2, 0.25) is 0 Å². The van der Waals surface area contributed by atoms with Crippen molar-refractivity contribution in [3.05, 3.63) is 87.0 Å². The predicted octanol–water partition coefficient (Wildman–Crippen LogP) is 4.90. The molecule has 8 nitrogen and oxygen atoms in total. The second kappa shape index (κ2) is 12.0. The van der Waals surface area contributed by atoms with Gasteiger partial charge in [-0.05, 0) is 79.1 Å². The first kappa shape index (κ1) is 26.3. The van der Waals surface area contributed by atoms with E-state index < -0.39 is 0 Å². The Kier molecular flexibility index (Phi) is 8.29. The number of benzene rings is 2. The standard InChI is InChI=1S/C30H38N6O2/c1-4-7-28(29-32-33-34-36(29)20-26-10-6-15-38-26)35(14-13-23-9-5-8-21(2)16-23)19-25-18-24-17-22(3)11-12-27(24)31-30(25)37/h5,8-9,11-12,16-18,26,28H,4,6-7,10,13-15,19-20H2,1-3H3,(H,31,37)/t26-,28+/m0/s1. The number of rotatable bonds is 11. The Morgan fingerprint density at radius 2 is 2.03 bits per heavy atom. The van der Waals surface area contributed by atoms with E-state index in [4.69, 9.17) is 4.74 Å². The topological polar surface area (TPSA) is 88.9 Å². The average Bonchev–Trinajstić information content (AvgIpc) is 3.58. The number of nitrogens with one attached hydrogen (secondary N) is 1. The summed E-state index contributed by atoms with van der Waals surface area (Å²) in [5.74, 6) is 0.847. The molecule has 3 heterocycles. The highest BCUT2D eigenvalue weighted by Crippen LogP contribution is 2.27. The van der Waals surface area contributed by atoms with Gasteiger partial charge in [-0.15, -0.1) is 5.10 Å². The molecule has 2 aromatic carbocycles. The summed E-state index contributed by atoms with van der Waals surface area (Å²) in [5.41, 5.74) is 5.28. The van der Waals surface area contributed by atoms with E-state index in [1.807, 2.05) is 22.9 Å². The number of nitrogens with zero attached hydrogens (tertiary/aromatic N) is 5. The zero-order valence-corrected chi connectivity index (χ0v) is 22.7. The number of ether oxygens (including phenoxy) is 1. The van der Waals surface area contributed by atoms with Crippen LogP contribution in [0.15, 0.2) is 53.3 Å². The van der Waals surface area contributed by atoms with Crippen LogP contribution in [0.1, 0.15) is 66.7 Å². The number of aryl methyl sites for hydroxylation is 2. The van der Waals surface area contributed by atoms with Gasteiger partial charge in [-0.1, -0.05) is 54.8 Å². The van der Waals surface area contributed by atoms with Crippen molar-refractivity contribution in [2.24, 2.45) is 0 Å². The quantitative estimate of drug-likeness (QED) is 0.306. The molecule has 5 rings (SSSR count). The molecule has 1 saturated heterocycles. The maximum absolute atomic E-state index is 13.2. The van der Waals surface area contributed by atoms with Crippen molar-refractivity contribution in [2.45, 2.75) is 78.1 Å². The van der Waals surface area contributed by atoms with E-state index in [2.05, 4.69) is 76.5 Å². The van der Waals surface area contributed by atoms with Crippen molar-refractivity contribution in [3.63, 3.8) is 0 Å². The van der Waals surface area contributed by atoms with Crippen molar-refractivity contribution in [3.8, 4) is 0 Å². The van der Waals surface area contributed by atoms with Crippen LogP contribution in [-0.4, -0.2) is 49.3 Å². The summed E-state index contributed by atoms with van der Waals surface area (Å²) >= 11 is 0. The molecule has 2 atom stereocenters. The minimum Gasteiger partial charge on any atom is -0.376 e. The highest BCUT2D eigenvalue weighted by Gasteiger charge is 2.28. The Bertz CT molecular complexity index is 1420. The molecule has 2 aromatic heterocycles. The van der Waals surface area contributed by atoms with Crippen LogP contribution in [0.25, 0.3) is 10.9 Å². The first-order chi connectivity index (χ1) is 18.5. The lowest BCUT2D eigenvalue weighted by Crippen LogP contribution is -2.35. The molecule has 0 spiro atoms. The van der Waals surface area contributed by atoms with Crippen molar-refractivity contribution in [1.29, 1.82) is 0 Å². The van der Waals surface area contributed by atoms with E-state index in [0.717, 1.165) is 67.5 Å². The van der Waals surface area contributed by atoms with Gasteiger partial charge in [0.2, 0.25) is 0 Å². The fourth-order valence-corrected chi connectivity index (χ4v) is 5.50. The van der Waals surface area contributed by atoms with Crippen molar-refractivity contribution >= 4 is 10.9 Å². The second-order valence-electron chi connectivity index (χ2n) is 10.6. The Labute approximate surface area is 224 Å². The maximum Gasteiger partial charge on any atom is 0.252 e. The average molecular weight is 515 g/mol. The molecule has 200 valence electrons. The molecule has 1 aliphatic rings. The van der Waals surface area contributed by atoms with Crippen LogP contribution in [0.3, 0.4) is 0 Å². The van der Waals surface area contributed by atoms with Gasteiger partial charge in [-0.3, -0.25) is 9.69 Å². The van der Waals surface area contributed by atoms with E-state index in [-0.39, 0.29) is 17.7 Å². The monoisotopic (exact) mass is 514 g/mol. The lowest BCUT2D eigenvalue weighted by atomic mass is 10.0. The van der Waals surface area contributed by atoms with Gasteiger partial charge in [0.05, 0.1) is 18.7 Å². The summed E-state index contributed by atoms with van der Waals surface area (Å²) in [7, 11) is 0. The zero-order chi connectivity index (χ0) is 26.5. The first-order valence-electron chi connectivity index (χ1n) is 13.8. The number of aromatic nitrogens is 5. The maximum atomic E-state index is 13.2. The van der Waals surface area contributed by atoms with Crippen LogP contribution in [0.5, 0.6) is 0 Å². The molecule has 1 fully saturated rings. The van der Waals surface area contributed by atoms with E-state index in [0.29, 0.717) is 13.1 Å². The van der Waals surface area contributed by atoms with Crippen LogP contribution in [0.4, 0.5) is 0 Å². The summed E-state index contributed by atoms with van der Waals surface area (Å²) in [6, 6.07) is 16.8. The van der Waals surface area contributed by atoms with Gasteiger partial charge < -0.3 is 9.72 Å². The van der Waals surface area contributed by atoms with Crippen LogP contribution in [0, 0.1) is 13.8 Å². The van der Waals surface area contributed by atoms with Gasteiger partial charge in [0, 0.05) is 30.8 Å². The third kappa shape index (κ3) is 6.19. The van der Waals surface area contributed by atoms with Crippen molar-refractivity contribution in [1.82, 2.24) is 30.1 Å². The third-order valence-electron chi connectivity index (χ3n) is 7.48. The molecule has 0 bridgehead atoms. The summed E-state index contributed by atoms with van der Waals surface area (Å²) in [6.45, 7) is 9.14. The van der Waals surface area contributed by atoms with Gasteiger partial charge in [0.1, 0.15) is 0 Å². The summed E-state index contributed by atoms with van der Waals surface area (Å²) in [5, 5.41) is 14.0. The molecular weight excluding hydrogens is 476 g/mol. The molecule has 1 aliphatic heterocycles. The van der Waals surface area contributed by atoms with Gasteiger partial charge in [-0.2, -0.15) is 0 Å². The Hall–Kier alpha value is -3.36. The molecule has 1 N–H and O–H groups in total. The first-order valence-corrected chi connectivity index (χ1v) is 13.8. The lowest BCUT2D eigenvalue weighted by Gasteiger charge is -2.31. The van der Waals surface area contributed by atoms with Crippen LogP contribution >= 0.6 is 0 Å². The van der Waals surface area contributed by atoms with Crippen LogP contribution < -0.4 is 5.56 Å². The van der Waals surface area contributed by atoms with Gasteiger partial charge >= 0.3 is 0 Å². The van der Waals surface area contributed by atoms with Crippen LogP contribution in [-0.2, 0) is 24.2 Å². The molecule has 0 radical (unpaired) electrons. The Balaban J connectivity index is 1.48. The predicted molar refractivity (Wildman–Crippen MR) is 149 cm³/mol. The molecule has 0 amide bonds. The highest BCUT2D eigenvalue weighted by molar-refractivity contribution is 5.79. The summed E-state index contributed by atoms with van der Waals surface area (Å²) in [6.07, 6.45) is 5.00. The normalized spacial score (nSPS) is 16.5. The number of tetrazole rings is 1. The van der Waals surface area contributed by atoms with E-state index in [1.54, 1.807) is 0 Å². The smallest absolute Gasteiger partial charge is 0.252 e. The number of aromatic amines is 1. The number of hydrogen-bond donors (Lipinski definition) is 1.